The van der Waals surface area contributed by atoms with Crippen molar-refractivity contribution in [3.63, 3.8) is 0 Å². The number of aromatic amines is 1. The van der Waals surface area contributed by atoms with Gasteiger partial charge in [-0.25, -0.2) is 18.4 Å². The van der Waals surface area contributed by atoms with Gasteiger partial charge in [0.25, 0.3) is 0 Å². The molecule has 0 bridgehead atoms. The molecule has 1 aliphatic heterocycles. The maximum Gasteiger partial charge on any atom is 0.214 e. The Kier molecular flexibility index (Phi) is 3.60. The standard InChI is InChI=1S/C14H21N5O2S/c1-4-22(20,21)18(3)14(2)6-8-19(9-14)13-11-5-7-15-12(11)16-10-17-13/h5,7,10H,4,6,8-9H2,1-3H3,(H,15,16,17). The second-order valence-electron chi connectivity index (χ2n) is 5.97. The Morgan fingerprint density at radius 2 is 2.23 bits per heavy atom. The van der Waals surface area contributed by atoms with Crippen molar-refractivity contribution in [2.75, 3.05) is 30.8 Å². The van der Waals surface area contributed by atoms with Crippen LogP contribution in [0.3, 0.4) is 0 Å². The van der Waals surface area contributed by atoms with Gasteiger partial charge in [-0.05, 0) is 26.3 Å². The summed E-state index contributed by atoms with van der Waals surface area (Å²) < 4.78 is 25.9. The van der Waals surface area contributed by atoms with Crippen molar-refractivity contribution in [2.24, 2.45) is 0 Å². The minimum Gasteiger partial charge on any atom is -0.354 e. The number of H-pyrrole nitrogens is 1. The molecule has 22 heavy (non-hydrogen) atoms. The molecule has 0 radical (unpaired) electrons. The molecule has 3 heterocycles. The van der Waals surface area contributed by atoms with E-state index in [0.717, 1.165) is 29.8 Å². The summed E-state index contributed by atoms with van der Waals surface area (Å²) in [4.78, 5) is 13.8. The molecular weight excluding hydrogens is 302 g/mol. The van der Waals surface area contributed by atoms with Crippen LogP contribution in [0.2, 0.25) is 0 Å². The van der Waals surface area contributed by atoms with Crippen LogP contribution in [0.25, 0.3) is 11.0 Å². The average Bonchev–Trinajstić information content (AvgIpc) is 3.13. The zero-order chi connectivity index (χ0) is 16.0. The maximum absolute atomic E-state index is 12.2. The first-order valence-electron chi connectivity index (χ1n) is 7.37. The van der Waals surface area contributed by atoms with Crippen molar-refractivity contribution in [2.45, 2.75) is 25.8 Å². The maximum atomic E-state index is 12.2. The molecule has 0 saturated carbocycles. The Hall–Kier alpha value is -1.67. The lowest BCUT2D eigenvalue weighted by Crippen LogP contribution is -2.49. The second kappa shape index (κ2) is 5.20. The monoisotopic (exact) mass is 323 g/mol. The number of likely N-dealkylation sites (N-methyl/N-ethyl adjacent to an activating group) is 1. The third-order valence-electron chi connectivity index (χ3n) is 4.63. The van der Waals surface area contributed by atoms with Crippen LogP contribution in [0.1, 0.15) is 20.3 Å². The topological polar surface area (TPSA) is 82.2 Å². The fourth-order valence-electron chi connectivity index (χ4n) is 3.02. The SMILES string of the molecule is CCS(=O)(=O)N(C)C1(C)CCN(c2ncnc3[nH]ccc23)C1. The lowest BCUT2D eigenvalue weighted by molar-refractivity contribution is 0.268. The number of fused-ring (bicyclic) bond motifs is 1. The molecule has 1 saturated heterocycles. The van der Waals surface area contributed by atoms with Crippen molar-refractivity contribution in [3.05, 3.63) is 18.6 Å². The number of aromatic nitrogens is 3. The number of rotatable bonds is 4. The van der Waals surface area contributed by atoms with Crippen LogP contribution < -0.4 is 4.90 Å². The Bertz CT molecular complexity index is 787. The van der Waals surface area contributed by atoms with Crippen LogP contribution >= 0.6 is 0 Å². The van der Waals surface area contributed by atoms with E-state index in [0.29, 0.717) is 6.54 Å². The molecule has 0 aromatic carbocycles. The highest BCUT2D eigenvalue weighted by molar-refractivity contribution is 7.89. The number of nitrogens with zero attached hydrogens (tertiary/aromatic N) is 4. The van der Waals surface area contributed by atoms with E-state index < -0.39 is 15.6 Å². The van der Waals surface area contributed by atoms with E-state index in [9.17, 15) is 8.42 Å². The Labute approximate surface area is 130 Å². The van der Waals surface area contributed by atoms with Crippen LogP contribution in [0.4, 0.5) is 5.82 Å². The summed E-state index contributed by atoms with van der Waals surface area (Å²) in [7, 11) is -1.53. The van der Waals surface area contributed by atoms with Gasteiger partial charge in [0, 0.05) is 26.3 Å². The number of hydrogen-bond acceptors (Lipinski definition) is 5. The average molecular weight is 323 g/mol. The summed E-state index contributed by atoms with van der Waals surface area (Å²) >= 11 is 0. The molecule has 3 rings (SSSR count). The minimum absolute atomic E-state index is 0.120. The number of hydrogen-bond donors (Lipinski definition) is 1. The van der Waals surface area contributed by atoms with E-state index >= 15 is 0 Å². The summed E-state index contributed by atoms with van der Waals surface area (Å²) in [5.74, 6) is 0.978. The van der Waals surface area contributed by atoms with Crippen LogP contribution in [-0.4, -0.2) is 59.1 Å². The van der Waals surface area contributed by atoms with E-state index in [-0.39, 0.29) is 5.75 Å². The van der Waals surface area contributed by atoms with Crippen molar-refractivity contribution in [1.82, 2.24) is 19.3 Å². The molecule has 1 N–H and O–H groups in total. The van der Waals surface area contributed by atoms with Gasteiger partial charge in [0.05, 0.1) is 16.7 Å². The predicted octanol–water partition coefficient (Wildman–Crippen LogP) is 1.21. The van der Waals surface area contributed by atoms with Crippen LogP contribution in [0, 0.1) is 0 Å². The van der Waals surface area contributed by atoms with E-state index in [2.05, 4.69) is 19.9 Å². The molecule has 2 aromatic rings. The highest BCUT2D eigenvalue weighted by Crippen LogP contribution is 2.33. The zero-order valence-corrected chi connectivity index (χ0v) is 13.9. The van der Waals surface area contributed by atoms with Crippen LogP contribution in [0.15, 0.2) is 18.6 Å². The Morgan fingerprint density at radius 1 is 1.45 bits per heavy atom. The van der Waals surface area contributed by atoms with Crippen molar-refractivity contribution in [1.29, 1.82) is 0 Å². The summed E-state index contributed by atoms with van der Waals surface area (Å²) in [5, 5.41) is 0.966. The molecule has 0 aliphatic carbocycles. The number of sulfonamides is 1. The highest BCUT2D eigenvalue weighted by Gasteiger charge is 2.42. The quantitative estimate of drug-likeness (QED) is 0.914. The smallest absolute Gasteiger partial charge is 0.214 e. The van der Waals surface area contributed by atoms with Crippen molar-refractivity contribution < 1.29 is 8.42 Å². The Balaban J connectivity index is 1.90. The molecule has 1 fully saturated rings. The van der Waals surface area contributed by atoms with Gasteiger partial charge in [-0.2, -0.15) is 4.31 Å². The van der Waals surface area contributed by atoms with Crippen LogP contribution in [0.5, 0.6) is 0 Å². The van der Waals surface area contributed by atoms with E-state index in [1.165, 1.54) is 10.6 Å². The lowest BCUT2D eigenvalue weighted by atomic mass is 10.0. The molecule has 1 atom stereocenters. The molecule has 0 spiro atoms. The fourth-order valence-corrected chi connectivity index (χ4v) is 4.23. The van der Waals surface area contributed by atoms with Crippen molar-refractivity contribution >= 4 is 26.9 Å². The molecular formula is C14H21N5O2S. The highest BCUT2D eigenvalue weighted by atomic mass is 32.2. The van der Waals surface area contributed by atoms with E-state index in [1.54, 1.807) is 14.0 Å². The summed E-state index contributed by atoms with van der Waals surface area (Å²) in [5.41, 5.74) is 0.385. The van der Waals surface area contributed by atoms with Gasteiger partial charge in [-0.15, -0.1) is 0 Å². The molecule has 2 aromatic heterocycles. The lowest BCUT2D eigenvalue weighted by Gasteiger charge is -2.34. The van der Waals surface area contributed by atoms with Crippen molar-refractivity contribution in [3.8, 4) is 0 Å². The third kappa shape index (κ3) is 2.36. The normalized spacial score (nSPS) is 22.8. The van der Waals surface area contributed by atoms with Gasteiger partial charge < -0.3 is 9.88 Å². The first-order chi connectivity index (χ1) is 10.4. The second-order valence-corrected chi connectivity index (χ2v) is 8.26. The van der Waals surface area contributed by atoms with Gasteiger partial charge in [0.2, 0.25) is 10.0 Å². The fraction of sp³-hybridized carbons (Fsp3) is 0.571. The van der Waals surface area contributed by atoms with Gasteiger partial charge >= 0.3 is 0 Å². The largest absolute Gasteiger partial charge is 0.354 e. The molecule has 120 valence electrons. The molecule has 1 unspecified atom stereocenters. The predicted molar refractivity (Wildman–Crippen MR) is 86.3 cm³/mol. The van der Waals surface area contributed by atoms with Gasteiger partial charge in [0.15, 0.2) is 0 Å². The first kappa shape index (κ1) is 15.2. The Morgan fingerprint density at radius 3 is 2.95 bits per heavy atom. The summed E-state index contributed by atoms with van der Waals surface area (Å²) in [6.07, 6.45) is 4.15. The minimum atomic E-state index is -3.21. The number of anilines is 1. The van der Waals surface area contributed by atoms with E-state index in [1.807, 2.05) is 19.2 Å². The van der Waals surface area contributed by atoms with Crippen LogP contribution in [-0.2, 0) is 10.0 Å². The molecule has 0 amide bonds. The third-order valence-corrected chi connectivity index (χ3v) is 6.63. The molecule has 1 aliphatic rings. The first-order valence-corrected chi connectivity index (χ1v) is 8.98. The van der Waals surface area contributed by atoms with E-state index in [4.69, 9.17) is 0 Å². The summed E-state index contributed by atoms with van der Waals surface area (Å²) in [6, 6.07) is 1.95. The van der Waals surface area contributed by atoms with Gasteiger partial charge in [-0.1, -0.05) is 0 Å². The van der Waals surface area contributed by atoms with Gasteiger partial charge in [-0.3, -0.25) is 0 Å². The summed E-state index contributed by atoms with van der Waals surface area (Å²) in [6.45, 7) is 5.07. The molecule has 8 heteroatoms. The zero-order valence-electron chi connectivity index (χ0n) is 13.1. The molecule has 7 nitrogen and oxygen atoms in total. The van der Waals surface area contributed by atoms with Gasteiger partial charge in [0.1, 0.15) is 17.8 Å². The number of nitrogens with one attached hydrogen (secondary N) is 1.